The SMILES string of the molecule is Cc1ccc(Nc2n[nH]c(NCc3ccc(O)cc3)c2C(N)=O)cc1. The fourth-order valence-corrected chi connectivity index (χ4v) is 2.38. The minimum atomic E-state index is -0.587. The van der Waals surface area contributed by atoms with Gasteiger partial charge in [0.1, 0.15) is 17.1 Å². The summed E-state index contributed by atoms with van der Waals surface area (Å²) in [6.45, 7) is 2.45. The maximum atomic E-state index is 11.9. The first kappa shape index (κ1) is 16.4. The fourth-order valence-electron chi connectivity index (χ4n) is 2.38. The van der Waals surface area contributed by atoms with Crippen LogP contribution in [0.25, 0.3) is 0 Å². The van der Waals surface area contributed by atoms with Crippen LogP contribution in [0.5, 0.6) is 5.75 Å². The third-order valence-corrected chi connectivity index (χ3v) is 3.73. The molecule has 1 aromatic heterocycles. The molecule has 0 aliphatic carbocycles. The minimum Gasteiger partial charge on any atom is -0.508 e. The van der Waals surface area contributed by atoms with Gasteiger partial charge in [-0.15, -0.1) is 0 Å². The summed E-state index contributed by atoms with van der Waals surface area (Å²) in [6.07, 6.45) is 0. The largest absolute Gasteiger partial charge is 0.508 e. The first-order valence-corrected chi connectivity index (χ1v) is 7.76. The molecule has 0 saturated carbocycles. The summed E-state index contributed by atoms with van der Waals surface area (Å²) < 4.78 is 0. The third-order valence-electron chi connectivity index (χ3n) is 3.73. The number of H-pyrrole nitrogens is 1. The molecule has 0 aliphatic rings. The van der Waals surface area contributed by atoms with Crippen molar-refractivity contribution >= 4 is 23.2 Å². The molecule has 0 saturated heterocycles. The number of aromatic amines is 1. The van der Waals surface area contributed by atoms with E-state index in [1.165, 1.54) is 0 Å². The van der Waals surface area contributed by atoms with Crippen LogP contribution in [0, 0.1) is 6.92 Å². The summed E-state index contributed by atoms with van der Waals surface area (Å²) in [5, 5.41) is 22.4. The number of nitrogens with zero attached hydrogens (tertiary/aromatic N) is 1. The van der Waals surface area contributed by atoms with Crippen molar-refractivity contribution in [3.63, 3.8) is 0 Å². The number of carbonyl (C=O) groups excluding carboxylic acids is 1. The lowest BCUT2D eigenvalue weighted by Gasteiger charge is -2.08. The topological polar surface area (TPSA) is 116 Å². The molecule has 0 aliphatic heterocycles. The van der Waals surface area contributed by atoms with Gasteiger partial charge in [0.2, 0.25) is 0 Å². The Morgan fingerprint density at radius 2 is 1.84 bits per heavy atom. The second-order valence-electron chi connectivity index (χ2n) is 5.70. The van der Waals surface area contributed by atoms with E-state index in [1.807, 2.05) is 31.2 Å². The number of nitrogens with one attached hydrogen (secondary N) is 3. The molecule has 0 bridgehead atoms. The molecule has 0 fully saturated rings. The Labute approximate surface area is 144 Å². The Morgan fingerprint density at radius 1 is 1.16 bits per heavy atom. The predicted octanol–water partition coefficient (Wildman–Crippen LogP) is 2.88. The summed E-state index contributed by atoms with van der Waals surface area (Å²) in [6, 6.07) is 14.5. The first-order valence-electron chi connectivity index (χ1n) is 7.76. The number of anilines is 3. The van der Waals surface area contributed by atoms with Gasteiger partial charge in [-0.1, -0.05) is 29.8 Å². The van der Waals surface area contributed by atoms with Crippen molar-refractivity contribution in [3.8, 4) is 5.75 Å². The Balaban J connectivity index is 1.78. The van der Waals surface area contributed by atoms with Crippen LogP contribution in [-0.2, 0) is 6.54 Å². The highest BCUT2D eigenvalue weighted by atomic mass is 16.3. The quantitative estimate of drug-likeness (QED) is 0.474. The van der Waals surface area contributed by atoms with Gasteiger partial charge in [-0.2, -0.15) is 5.10 Å². The summed E-state index contributed by atoms with van der Waals surface area (Å²) in [7, 11) is 0. The van der Waals surface area contributed by atoms with E-state index in [1.54, 1.807) is 24.3 Å². The maximum absolute atomic E-state index is 11.9. The molecule has 2 aromatic carbocycles. The van der Waals surface area contributed by atoms with Crippen LogP contribution in [0.2, 0.25) is 0 Å². The van der Waals surface area contributed by atoms with Gasteiger partial charge in [0.25, 0.3) is 5.91 Å². The first-order chi connectivity index (χ1) is 12.0. The number of aromatic hydroxyl groups is 1. The maximum Gasteiger partial charge on any atom is 0.256 e. The molecule has 0 spiro atoms. The highest BCUT2D eigenvalue weighted by Gasteiger charge is 2.18. The van der Waals surface area contributed by atoms with Gasteiger partial charge >= 0.3 is 0 Å². The van der Waals surface area contributed by atoms with Crippen molar-refractivity contribution in [3.05, 3.63) is 65.2 Å². The van der Waals surface area contributed by atoms with Gasteiger partial charge in [0.15, 0.2) is 5.82 Å². The lowest BCUT2D eigenvalue weighted by Crippen LogP contribution is -2.15. The Hall–Kier alpha value is -3.48. The van der Waals surface area contributed by atoms with Gasteiger partial charge in [-0.05, 0) is 36.8 Å². The standard InChI is InChI=1S/C18H19N5O2/c1-11-2-6-13(7-3-11)21-18-15(16(19)25)17(22-23-18)20-10-12-4-8-14(24)9-5-12/h2-9,24H,10H2,1H3,(H2,19,25)(H3,20,21,22,23). The summed E-state index contributed by atoms with van der Waals surface area (Å²) in [4.78, 5) is 11.9. The highest BCUT2D eigenvalue weighted by Crippen LogP contribution is 2.25. The number of aromatic nitrogens is 2. The number of phenolic OH excluding ortho intramolecular Hbond substituents is 1. The number of hydrogen-bond acceptors (Lipinski definition) is 5. The van der Waals surface area contributed by atoms with Gasteiger partial charge in [-0.3, -0.25) is 9.89 Å². The molecular weight excluding hydrogens is 318 g/mol. The molecule has 128 valence electrons. The second-order valence-corrected chi connectivity index (χ2v) is 5.70. The minimum absolute atomic E-state index is 0.202. The van der Waals surface area contributed by atoms with E-state index >= 15 is 0 Å². The molecule has 0 atom stereocenters. The average Bonchev–Trinajstić information content (AvgIpc) is 2.99. The second kappa shape index (κ2) is 6.96. The molecule has 0 unspecified atom stereocenters. The van der Waals surface area contributed by atoms with Crippen LogP contribution in [0.3, 0.4) is 0 Å². The third kappa shape index (κ3) is 3.89. The zero-order valence-electron chi connectivity index (χ0n) is 13.7. The smallest absolute Gasteiger partial charge is 0.256 e. The Kier molecular flexibility index (Phi) is 4.56. The molecular formula is C18H19N5O2. The Bertz CT molecular complexity index is 869. The number of carbonyl (C=O) groups is 1. The number of aryl methyl sites for hydroxylation is 1. The van der Waals surface area contributed by atoms with Crippen LogP contribution in [0.15, 0.2) is 48.5 Å². The van der Waals surface area contributed by atoms with Gasteiger partial charge in [0.05, 0.1) is 0 Å². The van der Waals surface area contributed by atoms with Crippen LogP contribution in [-0.4, -0.2) is 21.2 Å². The van der Waals surface area contributed by atoms with E-state index in [9.17, 15) is 9.90 Å². The fraction of sp³-hybridized carbons (Fsp3) is 0.111. The predicted molar refractivity (Wildman–Crippen MR) is 97.0 cm³/mol. The number of primary amides is 1. The summed E-state index contributed by atoms with van der Waals surface area (Å²) in [5.41, 5.74) is 8.67. The van der Waals surface area contributed by atoms with Crippen molar-refractivity contribution in [2.24, 2.45) is 5.73 Å². The molecule has 7 heteroatoms. The van der Waals surface area contributed by atoms with E-state index < -0.39 is 5.91 Å². The van der Waals surface area contributed by atoms with E-state index in [2.05, 4.69) is 20.8 Å². The number of phenols is 1. The van der Waals surface area contributed by atoms with Crippen molar-refractivity contribution in [2.75, 3.05) is 10.6 Å². The van der Waals surface area contributed by atoms with E-state index in [0.717, 1.165) is 16.8 Å². The Morgan fingerprint density at radius 3 is 2.48 bits per heavy atom. The van der Waals surface area contributed by atoms with Crippen molar-refractivity contribution < 1.29 is 9.90 Å². The van der Waals surface area contributed by atoms with Crippen LogP contribution in [0.1, 0.15) is 21.5 Å². The molecule has 1 heterocycles. The molecule has 7 nitrogen and oxygen atoms in total. The van der Waals surface area contributed by atoms with Crippen molar-refractivity contribution in [2.45, 2.75) is 13.5 Å². The zero-order chi connectivity index (χ0) is 17.8. The number of benzene rings is 2. The van der Waals surface area contributed by atoms with Crippen LogP contribution >= 0.6 is 0 Å². The van der Waals surface area contributed by atoms with E-state index in [4.69, 9.17) is 5.73 Å². The number of rotatable bonds is 6. The van der Waals surface area contributed by atoms with Crippen LogP contribution in [0.4, 0.5) is 17.3 Å². The number of amides is 1. The molecule has 0 radical (unpaired) electrons. The summed E-state index contributed by atoms with van der Waals surface area (Å²) >= 11 is 0. The lowest BCUT2D eigenvalue weighted by atomic mass is 10.2. The normalized spacial score (nSPS) is 10.4. The monoisotopic (exact) mass is 337 g/mol. The van der Waals surface area contributed by atoms with E-state index in [0.29, 0.717) is 18.2 Å². The van der Waals surface area contributed by atoms with Gasteiger partial charge in [-0.25, -0.2) is 0 Å². The van der Waals surface area contributed by atoms with Gasteiger partial charge < -0.3 is 21.5 Å². The number of nitrogens with two attached hydrogens (primary N) is 1. The lowest BCUT2D eigenvalue weighted by molar-refractivity contribution is 0.100. The van der Waals surface area contributed by atoms with Gasteiger partial charge in [0, 0.05) is 12.2 Å². The molecule has 3 aromatic rings. The summed E-state index contributed by atoms with van der Waals surface area (Å²) in [5.74, 6) is 0.420. The van der Waals surface area contributed by atoms with Crippen molar-refractivity contribution in [1.82, 2.24) is 10.2 Å². The van der Waals surface area contributed by atoms with Crippen LogP contribution < -0.4 is 16.4 Å². The highest BCUT2D eigenvalue weighted by molar-refractivity contribution is 6.03. The number of hydrogen-bond donors (Lipinski definition) is 5. The van der Waals surface area contributed by atoms with Crippen molar-refractivity contribution in [1.29, 1.82) is 0 Å². The zero-order valence-corrected chi connectivity index (χ0v) is 13.7. The average molecular weight is 337 g/mol. The molecule has 6 N–H and O–H groups in total. The molecule has 1 amide bonds. The molecule has 3 rings (SSSR count). The molecule has 25 heavy (non-hydrogen) atoms. The van der Waals surface area contributed by atoms with E-state index in [-0.39, 0.29) is 11.3 Å².